The highest BCUT2D eigenvalue weighted by atomic mass is 15.3. The van der Waals surface area contributed by atoms with Gasteiger partial charge in [-0.3, -0.25) is 0 Å². The van der Waals surface area contributed by atoms with Crippen molar-refractivity contribution in [2.24, 2.45) is 0 Å². The summed E-state index contributed by atoms with van der Waals surface area (Å²) in [7, 11) is 0. The van der Waals surface area contributed by atoms with Crippen LogP contribution in [-0.4, -0.2) is 24.6 Å². The minimum absolute atomic E-state index is 0.0180. The van der Waals surface area contributed by atoms with Crippen LogP contribution in [0.1, 0.15) is 35.3 Å². The molecule has 4 rings (SSSR count). The molecule has 0 radical (unpaired) electrons. The Morgan fingerprint density at radius 3 is 2.55 bits per heavy atom. The highest BCUT2D eigenvalue weighted by Crippen LogP contribution is 2.31. The summed E-state index contributed by atoms with van der Waals surface area (Å²) in [4.78, 5) is 12.9. The second kappa shape index (κ2) is 7.65. The summed E-state index contributed by atoms with van der Waals surface area (Å²) in [6.45, 7) is 3.72. The molecule has 0 aliphatic rings. The van der Waals surface area contributed by atoms with Gasteiger partial charge in [0.25, 0.3) is 0 Å². The quantitative estimate of drug-likeness (QED) is 0.436. The molecule has 0 aliphatic heterocycles. The molecule has 3 heterocycles. The molecule has 9 nitrogen and oxygen atoms in total. The number of nitrogen functional groups attached to an aromatic ring is 2. The number of benzene rings is 1. The molecule has 0 unspecified atom stereocenters. The first kappa shape index (κ1) is 19.7. The number of nitrogens with two attached hydrogens (primary N) is 2. The van der Waals surface area contributed by atoms with E-state index in [0.29, 0.717) is 34.0 Å². The number of fused-ring (bicyclic) bond motifs is 1. The Kier molecular flexibility index (Phi) is 4.86. The van der Waals surface area contributed by atoms with Crippen molar-refractivity contribution in [1.29, 1.82) is 5.26 Å². The van der Waals surface area contributed by atoms with Gasteiger partial charge in [-0.1, -0.05) is 36.3 Å². The first-order chi connectivity index (χ1) is 14.9. The van der Waals surface area contributed by atoms with Crippen LogP contribution < -0.4 is 16.8 Å². The van der Waals surface area contributed by atoms with Crippen LogP contribution in [0.15, 0.2) is 36.5 Å². The van der Waals surface area contributed by atoms with Crippen molar-refractivity contribution in [1.82, 2.24) is 24.6 Å². The van der Waals surface area contributed by atoms with E-state index in [1.165, 1.54) is 0 Å². The van der Waals surface area contributed by atoms with Crippen LogP contribution in [0.4, 0.5) is 17.6 Å². The molecule has 3 aromatic heterocycles. The van der Waals surface area contributed by atoms with Crippen LogP contribution in [0, 0.1) is 30.6 Å². The van der Waals surface area contributed by atoms with Crippen molar-refractivity contribution < 1.29 is 0 Å². The third-order valence-corrected chi connectivity index (χ3v) is 4.89. The lowest BCUT2D eigenvalue weighted by molar-refractivity contribution is 0.826. The predicted octanol–water partition coefficient (Wildman–Crippen LogP) is 2.69. The topological polar surface area (TPSA) is 144 Å². The summed E-state index contributed by atoms with van der Waals surface area (Å²) < 4.78 is 1.61. The number of aromatic nitrogens is 5. The fraction of sp³-hybridized carbons (Fsp3) is 0.136. The molecule has 0 bridgehead atoms. The zero-order valence-electron chi connectivity index (χ0n) is 17.0. The largest absolute Gasteiger partial charge is 0.382 e. The Morgan fingerprint density at radius 1 is 1.13 bits per heavy atom. The Morgan fingerprint density at radius 2 is 1.87 bits per heavy atom. The van der Waals surface area contributed by atoms with Crippen LogP contribution in [0.2, 0.25) is 0 Å². The normalized spacial score (nSPS) is 11.6. The van der Waals surface area contributed by atoms with E-state index < -0.39 is 0 Å². The SMILES string of the molecule is C#Cc1c(N)nc(N)nc1N[C@@H](C)c1cn2nc(C)c(C#N)c2nc1-c1ccccc1. The molecule has 5 N–H and O–H groups in total. The standard InChI is InChI=1S/C22H19N9/c1-4-15-19(24)28-22(25)29-20(15)26-12(2)17-11-31-21(16(10-23)13(3)30-31)27-18(17)14-8-6-5-7-9-14/h1,5-9,11-12H,2-3H3,(H5,24,25,26,28,29)/t12-/m0/s1. The van der Waals surface area contributed by atoms with Crippen LogP contribution >= 0.6 is 0 Å². The first-order valence-corrected chi connectivity index (χ1v) is 9.44. The average molecular weight is 409 g/mol. The van der Waals surface area contributed by atoms with Crippen molar-refractivity contribution in [3.8, 4) is 29.7 Å². The van der Waals surface area contributed by atoms with Crippen LogP contribution in [0.3, 0.4) is 0 Å². The second-order valence-electron chi connectivity index (χ2n) is 6.95. The number of nitrogens with one attached hydrogen (secondary N) is 1. The predicted molar refractivity (Wildman–Crippen MR) is 119 cm³/mol. The van der Waals surface area contributed by atoms with Gasteiger partial charge in [-0.2, -0.15) is 20.3 Å². The Balaban J connectivity index is 1.89. The summed E-state index contributed by atoms with van der Waals surface area (Å²) in [5, 5.41) is 17.2. The van der Waals surface area contributed by atoms with Gasteiger partial charge in [-0.05, 0) is 13.8 Å². The van der Waals surface area contributed by atoms with Gasteiger partial charge in [-0.15, -0.1) is 6.42 Å². The number of nitriles is 1. The Labute approximate surface area is 178 Å². The van der Waals surface area contributed by atoms with E-state index in [2.05, 4.69) is 32.4 Å². The van der Waals surface area contributed by atoms with Crippen LogP contribution in [-0.2, 0) is 0 Å². The number of anilines is 3. The fourth-order valence-corrected chi connectivity index (χ4v) is 3.40. The number of terminal acetylenes is 1. The molecule has 0 aliphatic carbocycles. The van der Waals surface area contributed by atoms with Gasteiger partial charge in [0, 0.05) is 17.3 Å². The summed E-state index contributed by atoms with van der Waals surface area (Å²) in [6, 6.07) is 11.6. The summed E-state index contributed by atoms with van der Waals surface area (Å²) in [5.74, 6) is 3.01. The fourth-order valence-electron chi connectivity index (χ4n) is 3.40. The van der Waals surface area contributed by atoms with Crippen molar-refractivity contribution in [3.05, 3.63) is 58.9 Å². The second-order valence-corrected chi connectivity index (χ2v) is 6.95. The van der Waals surface area contributed by atoms with Gasteiger partial charge in [-0.25, -0.2) is 9.50 Å². The molecular weight excluding hydrogens is 390 g/mol. The Bertz CT molecular complexity index is 1370. The molecule has 31 heavy (non-hydrogen) atoms. The third-order valence-electron chi connectivity index (χ3n) is 4.89. The molecule has 4 aromatic rings. The van der Waals surface area contributed by atoms with E-state index in [4.69, 9.17) is 22.9 Å². The van der Waals surface area contributed by atoms with E-state index in [1.807, 2.05) is 43.5 Å². The number of aryl methyl sites for hydroxylation is 1. The van der Waals surface area contributed by atoms with E-state index in [-0.39, 0.29) is 17.8 Å². The average Bonchev–Trinajstić information content (AvgIpc) is 3.07. The highest BCUT2D eigenvalue weighted by molar-refractivity contribution is 5.71. The van der Waals surface area contributed by atoms with Crippen LogP contribution in [0.5, 0.6) is 0 Å². The van der Waals surface area contributed by atoms with Gasteiger partial charge in [0.2, 0.25) is 5.95 Å². The lowest BCUT2D eigenvalue weighted by Crippen LogP contribution is -2.15. The maximum Gasteiger partial charge on any atom is 0.224 e. The van der Waals surface area contributed by atoms with Gasteiger partial charge < -0.3 is 16.8 Å². The van der Waals surface area contributed by atoms with Gasteiger partial charge in [0.05, 0.1) is 17.4 Å². The van der Waals surface area contributed by atoms with Crippen molar-refractivity contribution in [2.75, 3.05) is 16.8 Å². The maximum absolute atomic E-state index is 9.54. The Hall–Kier alpha value is -4.63. The van der Waals surface area contributed by atoms with E-state index in [1.54, 1.807) is 11.4 Å². The van der Waals surface area contributed by atoms with Crippen molar-refractivity contribution >= 4 is 23.2 Å². The van der Waals surface area contributed by atoms with Crippen molar-refractivity contribution in [3.63, 3.8) is 0 Å². The van der Waals surface area contributed by atoms with E-state index >= 15 is 0 Å². The number of hydrogen-bond acceptors (Lipinski definition) is 8. The van der Waals surface area contributed by atoms with Gasteiger partial charge in [0.15, 0.2) is 5.65 Å². The molecule has 0 fully saturated rings. The van der Waals surface area contributed by atoms with Crippen molar-refractivity contribution in [2.45, 2.75) is 19.9 Å². The summed E-state index contributed by atoms with van der Waals surface area (Å²) in [6.07, 6.45) is 7.44. The zero-order chi connectivity index (χ0) is 22.1. The number of nitrogens with zero attached hydrogens (tertiary/aromatic N) is 6. The molecule has 1 aromatic carbocycles. The molecular formula is C22H19N9. The summed E-state index contributed by atoms with van der Waals surface area (Å²) in [5.41, 5.74) is 16.0. The molecule has 0 saturated heterocycles. The molecule has 9 heteroatoms. The molecule has 1 atom stereocenters. The number of rotatable bonds is 4. The lowest BCUT2D eigenvalue weighted by atomic mass is 10.0. The first-order valence-electron chi connectivity index (χ1n) is 9.44. The molecule has 152 valence electrons. The smallest absolute Gasteiger partial charge is 0.224 e. The zero-order valence-corrected chi connectivity index (χ0v) is 17.0. The monoisotopic (exact) mass is 409 g/mol. The lowest BCUT2D eigenvalue weighted by Gasteiger charge is -2.19. The van der Waals surface area contributed by atoms with Gasteiger partial charge in [0.1, 0.15) is 28.8 Å². The maximum atomic E-state index is 9.54. The van der Waals surface area contributed by atoms with Crippen LogP contribution in [0.25, 0.3) is 16.9 Å². The molecule has 0 amide bonds. The molecule has 0 saturated carbocycles. The molecule has 0 spiro atoms. The number of hydrogen-bond donors (Lipinski definition) is 3. The highest BCUT2D eigenvalue weighted by Gasteiger charge is 2.21. The third kappa shape index (κ3) is 3.45. The minimum Gasteiger partial charge on any atom is -0.382 e. The van der Waals surface area contributed by atoms with Gasteiger partial charge >= 0.3 is 0 Å². The minimum atomic E-state index is -0.303. The van der Waals surface area contributed by atoms with E-state index in [9.17, 15) is 5.26 Å². The van der Waals surface area contributed by atoms with E-state index in [0.717, 1.165) is 11.1 Å². The summed E-state index contributed by atoms with van der Waals surface area (Å²) >= 11 is 0.